The van der Waals surface area contributed by atoms with Gasteiger partial charge in [-0.05, 0) is 25.7 Å². The number of carbonyl (C=O) groups is 4. The van der Waals surface area contributed by atoms with Crippen LogP contribution in [-0.4, -0.2) is 96.7 Å². The first-order valence-corrected chi connectivity index (χ1v) is 37.3. The van der Waals surface area contributed by atoms with Gasteiger partial charge >= 0.3 is 39.5 Å². The van der Waals surface area contributed by atoms with Crippen molar-refractivity contribution in [2.24, 2.45) is 0 Å². The fourth-order valence-corrected chi connectivity index (χ4v) is 11.4. The van der Waals surface area contributed by atoms with E-state index in [2.05, 4.69) is 27.7 Å². The Labute approximate surface area is 511 Å². The molecule has 498 valence electrons. The minimum Gasteiger partial charge on any atom is -0.462 e. The molecule has 0 aromatic heterocycles. The maximum atomic E-state index is 13.0. The van der Waals surface area contributed by atoms with Gasteiger partial charge in [0, 0.05) is 25.7 Å². The summed E-state index contributed by atoms with van der Waals surface area (Å²) in [5.74, 6) is -2.14. The molecule has 0 spiro atoms. The van der Waals surface area contributed by atoms with Gasteiger partial charge in [0.2, 0.25) is 0 Å². The molecule has 0 aromatic rings. The zero-order valence-corrected chi connectivity index (χ0v) is 55.7. The molecule has 5 atom stereocenters. The summed E-state index contributed by atoms with van der Waals surface area (Å²) in [6, 6.07) is 0. The maximum absolute atomic E-state index is 13.0. The molecular weight excluding hydrogens is 1110 g/mol. The van der Waals surface area contributed by atoms with Gasteiger partial charge in [-0.2, -0.15) is 0 Å². The number of carbonyl (C=O) groups excluding carboxylic acids is 4. The molecule has 3 N–H and O–H groups in total. The Bertz CT molecular complexity index is 1620. The Morgan fingerprint density at radius 2 is 0.476 bits per heavy atom. The summed E-state index contributed by atoms with van der Waals surface area (Å²) in [5, 5.41) is 10.5. The largest absolute Gasteiger partial charge is 0.472 e. The number of phosphoric ester groups is 2. The molecular formula is C65H126O17P2. The van der Waals surface area contributed by atoms with E-state index < -0.39 is 97.5 Å². The number of aliphatic hydroxyl groups is 1. The molecule has 0 amide bonds. The predicted octanol–water partition coefficient (Wildman–Crippen LogP) is 18.3. The standard InChI is InChI=1S/C65H126O17P2/c1-5-9-13-17-20-23-26-28-30-33-35-38-42-46-50-63(68)76-56-61(82-65(70)52-48-44-40-37-34-31-29-27-24-21-18-14-10-6-2)58-80-84(73,74)78-54-59(66)53-77-83(71,72)79-57-60(55-75-62(67)49-45-41-16-12-8-4)81-64(69)51-47-43-39-36-32-25-22-19-15-11-7-3/h59-61,66H,5-58H2,1-4H3,(H,71,72)(H,73,74)/t59-,60+,61+/m0/s1. The van der Waals surface area contributed by atoms with Crippen molar-refractivity contribution in [1.82, 2.24) is 0 Å². The lowest BCUT2D eigenvalue weighted by molar-refractivity contribution is -0.161. The highest BCUT2D eigenvalue weighted by Gasteiger charge is 2.30. The molecule has 0 saturated heterocycles. The van der Waals surface area contributed by atoms with Crippen molar-refractivity contribution in [2.75, 3.05) is 39.6 Å². The Balaban J connectivity index is 5.17. The fraction of sp³-hybridized carbons (Fsp3) is 0.938. The van der Waals surface area contributed by atoms with Crippen LogP contribution in [0.5, 0.6) is 0 Å². The van der Waals surface area contributed by atoms with Crippen LogP contribution in [0.25, 0.3) is 0 Å². The number of unbranched alkanes of at least 4 members (excludes halogenated alkanes) is 40. The van der Waals surface area contributed by atoms with E-state index in [1.807, 2.05) is 0 Å². The summed E-state index contributed by atoms with van der Waals surface area (Å²) >= 11 is 0. The van der Waals surface area contributed by atoms with E-state index >= 15 is 0 Å². The van der Waals surface area contributed by atoms with Crippen molar-refractivity contribution in [2.45, 2.75) is 354 Å². The van der Waals surface area contributed by atoms with Gasteiger partial charge in [0.15, 0.2) is 12.2 Å². The second kappa shape index (κ2) is 60.0. The van der Waals surface area contributed by atoms with Crippen LogP contribution >= 0.6 is 15.6 Å². The van der Waals surface area contributed by atoms with Crippen LogP contribution < -0.4 is 0 Å². The molecule has 0 aliphatic heterocycles. The maximum Gasteiger partial charge on any atom is 0.472 e. The SMILES string of the molecule is CCCCCCCCCCCCCCCCC(=O)OC[C@H](COP(=O)(O)OC[C@@H](O)COP(=O)(O)OC[C@@H](COC(=O)CCCCCCC)OC(=O)CCCCCCCCCCCCC)OC(=O)CCCCCCCCCCCCCCCC. The third-order valence-electron chi connectivity index (χ3n) is 15.1. The lowest BCUT2D eigenvalue weighted by atomic mass is 10.0. The van der Waals surface area contributed by atoms with E-state index in [0.29, 0.717) is 25.7 Å². The minimum atomic E-state index is -4.94. The Hall–Kier alpha value is -1.94. The first kappa shape index (κ1) is 82.1. The van der Waals surface area contributed by atoms with E-state index in [1.54, 1.807) is 0 Å². The van der Waals surface area contributed by atoms with E-state index in [4.69, 9.17) is 37.0 Å². The Morgan fingerprint density at radius 1 is 0.286 bits per heavy atom. The molecule has 0 heterocycles. The third kappa shape index (κ3) is 59.0. The summed E-state index contributed by atoms with van der Waals surface area (Å²) in [6.07, 6.45) is 46.0. The van der Waals surface area contributed by atoms with Gasteiger partial charge in [-0.15, -0.1) is 0 Å². The predicted molar refractivity (Wildman–Crippen MR) is 335 cm³/mol. The molecule has 0 rings (SSSR count). The molecule has 0 aliphatic rings. The van der Waals surface area contributed by atoms with Crippen molar-refractivity contribution in [1.29, 1.82) is 0 Å². The first-order valence-electron chi connectivity index (χ1n) is 34.3. The number of aliphatic hydroxyl groups excluding tert-OH is 1. The highest BCUT2D eigenvalue weighted by atomic mass is 31.2. The highest BCUT2D eigenvalue weighted by molar-refractivity contribution is 7.47. The van der Waals surface area contributed by atoms with Crippen molar-refractivity contribution in [3.8, 4) is 0 Å². The quantitative estimate of drug-likeness (QED) is 0.0222. The van der Waals surface area contributed by atoms with Crippen LogP contribution in [0, 0.1) is 0 Å². The van der Waals surface area contributed by atoms with E-state index in [-0.39, 0.29) is 25.7 Å². The van der Waals surface area contributed by atoms with Crippen molar-refractivity contribution < 1.29 is 80.2 Å². The zero-order valence-electron chi connectivity index (χ0n) is 53.9. The fourth-order valence-electron chi connectivity index (χ4n) is 9.81. The van der Waals surface area contributed by atoms with Gasteiger partial charge in [0.05, 0.1) is 26.4 Å². The van der Waals surface area contributed by atoms with Crippen LogP contribution in [-0.2, 0) is 65.4 Å². The summed E-state index contributed by atoms with van der Waals surface area (Å²) in [6.45, 7) is 4.82. The van der Waals surface area contributed by atoms with Crippen molar-refractivity contribution in [3.05, 3.63) is 0 Å². The average Bonchev–Trinajstić information content (AvgIpc) is 3.59. The molecule has 0 fully saturated rings. The number of hydrogen-bond donors (Lipinski definition) is 3. The van der Waals surface area contributed by atoms with E-state index in [0.717, 1.165) is 96.3 Å². The number of esters is 4. The monoisotopic (exact) mass is 1240 g/mol. The smallest absolute Gasteiger partial charge is 0.462 e. The summed E-state index contributed by atoms with van der Waals surface area (Å²) < 4.78 is 67.9. The first-order chi connectivity index (χ1) is 40.7. The van der Waals surface area contributed by atoms with Crippen LogP contribution in [0.1, 0.15) is 336 Å². The molecule has 19 heteroatoms. The average molecular weight is 1240 g/mol. The number of phosphoric acid groups is 2. The minimum absolute atomic E-state index is 0.106. The lowest BCUT2D eigenvalue weighted by Crippen LogP contribution is -2.30. The van der Waals surface area contributed by atoms with Gasteiger partial charge in [0.25, 0.3) is 0 Å². The van der Waals surface area contributed by atoms with Crippen molar-refractivity contribution >= 4 is 39.5 Å². The topological polar surface area (TPSA) is 237 Å². The normalized spacial score (nSPS) is 14.1. The van der Waals surface area contributed by atoms with E-state index in [1.165, 1.54) is 161 Å². The van der Waals surface area contributed by atoms with Gasteiger partial charge in [-0.25, -0.2) is 9.13 Å². The zero-order chi connectivity index (χ0) is 61.9. The highest BCUT2D eigenvalue weighted by Crippen LogP contribution is 2.45. The molecule has 84 heavy (non-hydrogen) atoms. The second-order valence-electron chi connectivity index (χ2n) is 23.5. The second-order valence-corrected chi connectivity index (χ2v) is 26.4. The van der Waals surface area contributed by atoms with Gasteiger partial charge in [-0.3, -0.25) is 37.3 Å². The van der Waals surface area contributed by atoms with Crippen LogP contribution in [0.3, 0.4) is 0 Å². The molecule has 0 radical (unpaired) electrons. The summed E-state index contributed by atoms with van der Waals surface area (Å²) in [4.78, 5) is 72.0. The van der Waals surface area contributed by atoms with Crippen molar-refractivity contribution in [3.63, 3.8) is 0 Å². The molecule has 2 unspecified atom stereocenters. The van der Waals surface area contributed by atoms with Crippen LogP contribution in [0.4, 0.5) is 0 Å². The van der Waals surface area contributed by atoms with Crippen LogP contribution in [0.15, 0.2) is 0 Å². The number of rotatable bonds is 66. The molecule has 0 aliphatic carbocycles. The number of hydrogen-bond acceptors (Lipinski definition) is 15. The summed E-state index contributed by atoms with van der Waals surface area (Å²) in [5.41, 5.74) is 0. The Kier molecular flexibility index (Phi) is 58.6. The molecule has 0 saturated carbocycles. The molecule has 0 aromatic carbocycles. The summed E-state index contributed by atoms with van der Waals surface area (Å²) in [7, 11) is -9.88. The van der Waals surface area contributed by atoms with Gasteiger partial charge in [-0.1, -0.05) is 285 Å². The lowest BCUT2D eigenvalue weighted by Gasteiger charge is -2.21. The molecule has 0 bridgehead atoms. The van der Waals surface area contributed by atoms with E-state index in [9.17, 15) is 43.2 Å². The van der Waals surface area contributed by atoms with Crippen LogP contribution in [0.2, 0.25) is 0 Å². The van der Waals surface area contributed by atoms with Gasteiger partial charge in [0.1, 0.15) is 19.3 Å². The molecule has 17 nitrogen and oxygen atoms in total. The number of ether oxygens (including phenoxy) is 4. The Morgan fingerprint density at radius 3 is 0.702 bits per heavy atom. The van der Waals surface area contributed by atoms with Gasteiger partial charge < -0.3 is 33.8 Å². The third-order valence-corrected chi connectivity index (χ3v) is 17.0.